The van der Waals surface area contributed by atoms with Crippen LogP contribution in [0.4, 0.5) is 0 Å². The lowest BCUT2D eigenvalue weighted by atomic mass is 10.1. The number of nitrogens with one attached hydrogen (secondary N) is 2. The van der Waals surface area contributed by atoms with E-state index in [1.165, 1.54) is 11.1 Å². The first-order chi connectivity index (χ1) is 14.3. The van der Waals surface area contributed by atoms with E-state index in [0.29, 0.717) is 6.54 Å². The van der Waals surface area contributed by atoms with Crippen LogP contribution >= 0.6 is 24.0 Å². The Balaban J connectivity index is 0.00000320. The molecule has 1 saturated heterocycles. The molecule has 1 aromatic heterocycles. The Hall–Kier alpha value is -1.58. The molecule has 166 valence electrons. The molecule has 0 radical (unpaired) electrons. The van der Waals surface area contributed by atoms with Crippen molar-refractivity contribution in [2.75, 3.05) is 39.4 Å². The Kier molecular flexibility index (Phi) is 11.9. The molecule has 2 N–H and O–H groups in total. The van der Waals surface area contributed by atoms with E-state index in [9.17, 15) is 0 Å². The summed E-state index contributed by atoms with van der Waals surface area (Å²) in [5, 5.41) is 6.89. The van der Waals surface area contributed by atoms with Gasteiger partial charge in [-0.15, -0.1) is 24.0 Å². The lowest BCUT2D eigenvalue weighted by Gasteiger charge is -2.27. The highest BCUT2D eigenvalue weighted by Crippen LogP contribution is 2.14. The zero-order valence-electron chi connectivity index (χ0n) is 17.9. The van der Waals surface area contributed by atoms with Crippen molar-refractivity contribution in [2.45, 2.75) is 39.3 Å². The van der Waals surface area contributed by atoms with Crippen LogP contribution in [0.1, 0.15) is 36.7 Å². The molecule has 0 saturated carbocycles. The smallest absolute Gasteiger partial charge is 0.191 e. The molecule has 1 aliphatic rings. The van der Waals surface area contributed by atoms with Gasteiger partial charge < -0.3 is 19.8 Å². The summed E-state index contributed by atoms with van der Waals surface area (Å²) in [6, 6.07) is 12.5. The number of guanidine groups is 1. The third-order valence-electron chi connectivity index (χ3n) is 5.09. The lowest BCUT2D eigenvalue weighted by molar-refractivity contribution is 0.0341. The Morgan fingerprint density at radius 3 is 2.53 bits per heavy atom. The van der Waals surface area contributed by atoms with Crippen LogP contribution in [0.2, 0.25) is 0 Å². The zero-order valence-corrected chi connectivity index (χ0v) is 20.3. The summed E-state index contributed by atoms with van der Waals surface area (Å²) in [5.74, 6) is 1.85. The number of hydrogen-bond donors (Lipinski definition) is 2. The second-order valence-electron chi connectivity index (χ2n) is 7.36. The third kappa shape index (κ3) is 8.65. The van der Waals surface area contributed by atoms with Crippen LogP contribution in [0.5, 0.6) is 0 Å². The highest BCUT2D eigenvalue weighted by molar-refractivity contribution is 14.0. The maximum atomic E-state index is 5.47. The number of benzene rings is 1. The predicted molar refractivity (Wildman–Crippen MR) is 132 cm³/mol. The van der Waals surface area contributed by atoms with E-state index in [2.05, 4.69) is 46.7 Å². The van der Waals surface area contributed by atoms with Gasteiger partial charge in [-0.05, 0) is 29.7 Å². The van der Waals surface area contributed by atoms with Gasteiger partial charge in [-0.25, -0.2) is 4.99 Å². The fraction of sp³-hybridized carbons (Fsp3) is 0.522. The molecule has 7 heteroatoms. The van der Waals surface area contributed by atoms with E-state index in [4.69, 9.17) is 14.1 Å². The molecule has 1 aromatic carbocycles. The highest BCUT2D eigenvalue weighted by atomic mass is 127. The van der Waals surface area contributed by atoms with Gasteiger partial charge in [0, 0.05) is 39.1 Å². The van der Waals surface area contributed by atoms with Gasteiger partial charge in [0.1, 0.15) is 5.76 Å². The second-order valence-corrected chi connectivity index (χ2v) is 7.36. The van der Waals surface area contributed by atoms with Gasteiger partial charge >= 0.3 is 0 Å². The number of hydrogen-bond acceptors (Lipinski definition) is 4. The summed E-state index contributed by atoms with van der Waals surface area (Å²) in [7, 11) is 0. The fourth-order valence-electron chi connectivity index (χ4n) is 3.35. The van der Waals surface area contributed by atoms with Crippen LogP contribution in [0, 0.1) is 0 Å². The predicted octanol–water partition coefficient (Wildman–Crippen LogP) is 3.81. The molecule has 1 aliphatic heterocycles. The zero-order chi connectivity index (χ0) is 20.2. The topological polar surface area (TPSA) is 62.0 Å². The molecule has 0 amide bonds. The largest absolute Gasteiger partial charge is 0.469 e. The molecule has 6 nitrogen and oxygen atoms in total. The monoisotopic (exact) mass is 526 g/mol. The Labute approximate surface area is 197 Å². The molecule has 30 heavy (non-hydrogen) atoms. The maximum Gasteiger partial charge on any atom is 0.191 e. The number of aliphatic imine (C=N–C) groups is 1. The van der Waals surface area contributed by atoms with Crippen LogP contribution in [-0.4, -0.2) is 50.3 Å². The Morgan fingerprint density at radius 2 is 1.80 bits per heavy atom. The quantitative estimate of drug-likeness (QED) is 0.214. The van der Waals surface area contributed by atoms with E-state index in [-0.39, 0.29) is 24.0 Å². The molecule has 0 atom stereocenters. The van der Waals surface area contributed by atoms with E-state index < -0.39 is 0 Å². The molecule has 0 bridgehead atoms. The number of ether oxygens (including phenoxy) is 1. The van der Waals surface area contributed by atoms with Crippen molar-refractivity contribution in [1.82, 2.24) is 15.5 Å². The number of rotatable bonds is 10. The minimum absolute atomic E-state index is 0. The molecule has 2 aromatic rings. The second kappa shape index (κ2) is 14.4. The van der Waals surface area contributed by atoms with Crippen molar-refractivity contribution < 1.29 is 9.15 Å². The molecule has 2 heterocycles. The van der Waals surface area contributed by atoms with Crippen molar-refractivity contribution in [3.63, 3.8) is 0 Å². The standard InChI is InChI=1S/C23H34N4O2.HI/c1-2-3-11-24-23(25-12-10-22-9-6-15-29-22)26-18-20-7-4-5-8-21(20)19-27-13-16-28-17-14-27;/h4-9,15H,2-3,10-14,16-19H2,1H3,(H2,24,25,26);1H. The van der Waals surface area contributed by atoms with E-state index in [1.807, 2.05) is 12.1 Å². The maximum absolute atomic E-state index is 5.47. The van der Waals surface area contributed by atoms with Gasteiger partial charge in [-0.3, -0.25) is 4.90 Å². The molecule has 3 rings (SSSR count). The molecule has 0 aliphatic carbocycles. The lowest BCUT2D eigenvalue weighted by Crippen LogP contribution is -2.39. The van der Waals surface area contributed by atoms with Gasteiger partial charge in [-0.2, -0.15) is 0 Å². The summed E-state index contributed by atoms with van der Waals surface area (Å²) >= 11 is 0. The SMILES string of the molecule is CCCCNC(=NCc1ccccc1CN1CCOCC1)NCCc1ccco1.I. The van der Waals surface area contributed by atoms with Crippen LogP contribution in [0.25, 0.3) is 0 Å². The van der Waals surface area contributed by atoms with Crippen LogP contribution in [0.15, 0.2) is 52.1 Å². The van der Waals surface area contributed by atoms with Gasteiger partial charge in [0.25, 0.3) is 0 Å². The first kappa shape index (κ1) is 24.7. The van der Waals surface area contributed by atoms with E-state index in [0.717, 1.165) is 76.9 Å². The summed E-state index contributed by atoms with van der Waals surface area (Å²) in [6.45, 7) is 9.19. The van der Waals surface area contributed by atoms with E-state index >= 15 is 0 Å². The van der Waals surface area contributed by atoms with Crippen molar-refractivity contribution in [3.8, 4) is 0 Å². The fourth-order valence-corrected chi connectivity index (χ4v) is 3.35. The minimum Gasteiger partial charge on any atom is -0.469 e. The van der Waals surface area contributed by atoms with Crippen LogP contribution < -0.4 is 10.6 Å². The third-order valence-corrected chi connectivity index (χ3v) is 5.09. The molecular weight excluding hydrogens is 491 g/mol. The highest BCUT2D eigenvalue weighted by Gasteiger charge is 2.12. The minimum atomic E-state index is 0. The van der Waals surface area contributed by atoms with Crippen LogP contribution in [-0.2, 0) is 24.2 Å². The Morgan fingerprint density at radius 1 is 1.03 bits per heavy atom. The van der Waals surface area contributed by atoms with Crippen molar-refractivity contribution in [1.29, 1.82) is 0 Å². The normalized spacial score (nSPS) is 14.9. The number of morpholine rings is 1. The summed E-state index contributed by atoms with van der Waals surface area (Å²) in [6.07, 6.45) is 4.85. The number of unbranched alkanes of at least 4 members (excludes halogenated alkanes) is 1. The van der Waals surface area contributed by atoms with Gasteiger partial charge in [0.05, 0.1) is 26.0 Å². The van der Waals surface area contributed by atoms with Crippen molar-refractivity contribution >= 4 is 29.9 Å². The van der Waals surface area contributed by atoms with E-state index in [1.54, 1.807) is 6.26 Å². The molecular formula is C23H35IN4O2. The molecule has 0 spiro atoms. The van der Waals surface area contributed by atoms with Gasteiger partial charge in [0.2, 0.25) is 0 Å². The van der Waals surface area contributed by atoms with Gasteiger partial charge in [-0.1, -0.05) is 37.6 Å². The number of nitrogens with zero attached hydrogens (tertiary/aromatic N) is 2. The van der Waals surface area contributed by atoms with Gasteiger partial charge in [0.15, 0.2) is 5.96 Å². The molecule has 1 fully saturated rings. The van der Waals surface area contributed by atoms with Crippen molar-refractivity contribution in [2.24, 2.45) is 4.99 Å². The number of furan rings is 1. The summed E-state index contributed by atoms with van der Waals surface area (Å²) in [4.78, 5) is 7.31. The first-order valence-electron chi connectivity index (χ1n) is 10.8. The molecule has 0 unspecified atom stereocenters. The Bertz CT molecular complexity index is 731. The number of halogens is 1. The average molecular weight is 526 g/mol. The average Bonchev–Trinajstić information content (AvgIpc) is 3.27. The summed E-state index contributed by atoms with van der Waals surface area (Å²) < 4.78 is 10.9. The van der Waals surface area contributed by atoms with Crippen molar-refractivity contribution in [3.05, 3.63) is 59.5 Å². The van der Waals surface area contributed by atoms with Crippen LogP contribution in [0.3, 0.4) is 0 Å². The first-order valence-corrected chi connectivity index (χ1v) is 10.8. The summed E-state index contributed by atoms with van der Waals surface area (Å²) in [5.41, 5.74) is 2.63.